The van der Waals surface area contributed by atoms with E-state index >= 15 is 0 Å². The fourth-order valence-electron chi connectivity index (χ4n) is 9.08. The summed E-state index contributed by atoms with van der Waals surface area (Å²) in [6, 6.07) is 0. The Balaban J connectivity index is 4.33. The van der Waals surface area contributed by atoms with Crippen LogP contribution < -0.4 is 0 Å². The Kier molecular flexibility index (Phi) is 58.2. The van der Waals surface area contributed by atoms with Crippen molar-refractivity contribution < 1.29 is 28.6 Å². The van der Waals surface area contributed by atoms with Crippen LogP contribution in [-0.2, 0) is 28.6 Å². The highest BCUT2D eigenvalue weighted by Gasteiger charge is 2.19. The van der Waals surface area contributed by atoms with Crippen LogP contribution in [0.2, 0.25) is 0 Å². The normalized spacial score (nSPS) is 12.4. The lowest BCUT2D eigenvalue weighted by molar-refractivity contribution is -0.167. The standard InChI is InChI=1S/C66H118O6/c1-4-7-10-13-16-19-22-25-28-30-31-32-33-34-35-37-38-41-44-47-50-53-56-59-65(68)71-62-63(61-70-64(67)58-55-52-49-46-43-40-27-24-21-18-15-12-9-6-3)72-66(69)60-57-54-51-48-45-42-39-36-29-26-23-20-17-14-11-8-5-2/h8,11,17,20,26,29-31,39,42,63H,4-7,9-10,12-16,18-19,21-25,27-28,32-38,40-41,43-62H2,1-3H3/b11-8-,20-17-,29-26-,31-30-,42-39-. The summed E-state index contributed by atoms with van der Waals surface area (Å²) in [7, 11) is 0. The molecule has 0 heterocycles. The van der Waals surface area contributed by atoms with Crippen molar-refractivity contribution in [2.75, 3.05) is 13.2 Å². The maximum absolute atomic E-state index is 12.9. The van der Waals surface area contributed by atoms with Gasteiger partial charge in [-0.25, -0.2) is 0 Å². The second kappa shape index (κ2) is 60.7. The molecule has 0 amide bonds. The lowest BCUT2D eigenvalue weighted by Crippen LogP contribution is -2.30. The predicted molar refractivity (Wildman–Crippen MR) is 312 cm³/mol. The fourth-order valence-corrected chi connectivity index (χ4v) is 9.08. The molecule has 1 unspecified atom stereocenters. The summed E-state index contributed by atoms with van der Waals surface area (Å²) in [6.45, 7) is 6.55. The summed E-state index contributed by atoms with van der Waals surface area (Å²) in [5.41, 5.74) is 0. The molecule has 72 heavy (non-hydrogen) atoms. The van der Waals surface area contributed by atoms with E-state index in [-0.39, 0.29) is 31.1 Å². The van der Waals surface area contributed by atoms with Gasteiger partial charge in [0.1, 0.15) is 13.2 Å². The molecule has 0 aromatic heterocycles. The smallest absolute Gasteiger partial charge is 0.306 e. The highest BCUT2D eigenvalue weighted by molar-refractivity contribution is 5.71. The number of hydrogen-bond donors (Lipinski definition) is 0. The van der Waals surface area contributed by atoms with Gasteiger partial charge in [-0.1, -0.05) is 281 Å². The number of carbonyl (C=O) groups is 3. The van der Waals surface area contributed by atoms with Gasteiger partial charge < -0.3 is 14.2 Å². The van der Waals surface area contributed by atoms with Crippen molar-refractivity contribution in [1.82, 2.24) is 0 Å². The van der Waals surface area contributed by atoms with E-state index in [2.05, 4.69) is 81.5 Å². The van der Waals surface area contributed by atoms with E-state index in [1.54, 1.807) is 0 Å². The molecule has 6 heteroatoms. The van der Waals surface area contributed by atoms with E-state index in [1.807, 2.05) is 0 Å². The minimum Gasteiger partial charge on any atom is -0.462 e. The molecule has 0 aromatic rings. The van der Waals surface area contributed by atoms with Crippen molar-refractivity contribution in [2.24, 2.45) is 0 Å². The van der Waals surface area contributed by atoms with Gasteiger partial charge in [-0.05, 0) is 83.5 Å². The van der Waals surface area contributed by atoms with Gasteiger partial charge >= 0.3 is 17.9 Å². The maximum Gasteiger partial charge on any atom is 0.306 e. The molecule has 0 aromatic carbocycles. The minimum absolute atomic E-state index is 0.0812. The van der Waals surface area contributed by atoms with Gasteiger partial charge in [-0.2, -0.15) is 0 Å². The van der Waals surface area contributed by atoms with Crippen LogP contribution >= 0.6 is 0 Å². The van der Waals surface area contributed by atoms with Crippen molar-refractivity contribution in [3.8, 4) is 0 Å². The lowest BCUT2D eigenvalue weighted by Gasteiger charge is -2.18. The fraction of sp³-hybridized carbons (Fsp3) is 0.803. The van der Waals surface area contributed by atoms with Crippen LogP contribution in [0, 0.1) is 0 Å². The van der Waals surface area contributed by atoms with Crippen molar-refractivity contribution in [1.29, 1.82) is 0 Å². The van der Waals surface area contributed by atoms with Gasteiger partial charge in [0.05, 0.1) is 0 Å². The zero-order chi connectivity index (χ0) is 52.2. The predicted octanol–water partition coefficient (Wildman–Crippen LogP) is 21.2. The molecular formula is C66H118O6. The Hall–Kier alpha value is -2.89. The van der Waals surface area contributed by atoms with Crippen LogP contribution in [0.5, 0.6) is 0 Å². The Morgan fingerprint density at radius 2 is 0.542 bits per heavy atom. The summed E-state index contributed by atoms with van der Waals surface area (Å²) < 4.78 is 16.9. The van der Waals surface area contributed by atoms with Gasteiger partial charge in [0.15, 0.2) is 6.10 Å². The second-order valence-corrected chi connectivity index (χ2v) is 20.9. The first-order chi connectivity index (χ1) is 35.5. The Labute approximate surface area is 447 Å². The highest BCUT2D eigenvalue weighted by Crippen LogP contribution is 2.17. The molecule has 0 aliphatic carbocycles. The third-order valence-corrected chi connectivity index (χ3v) is 13.8. The summed E-state index contributed by atoms with van der Waals surface area (Å²) >= 11 is 0. The molecule has 418 valence electrons. The van der Waals surface area contributed by atoms with E-state index in [0.717, 1.165) is 96.3 Å². The second-order valence-electron chi connectivity index (χ2n) is 20.9. The summed E-state index contributed by atoms with van der Waals surface area (Å²) in [4.78, 5) is 38.3. The third-order valence-electron chi connectivity index (χ3n) is 13.8. The molecule has 0 radical (unpaired) electrons. The molecule has 0 spiro atoms. The van der Waals surface area contributed by atoms with E-state index in [4.69, 9.17) is 14.2 Å². The van der Waals surface area contributed by atoms with Crippen LogP contribution in [0.3, 0.4) is 0 Å². The van der Waals surface area contributed by atoms with Crippen LogP contribution in [0.1, 0.15) is 323 Å². The molecule has 0 aliphatic heterocycles. The van der Waals surface area contributed by atoms with E-state index < -0.39 is 6.10 Å². The molecule has 0 N–H and O–H groups in total. The van der Waals surface area contributed by atoms with Crippen LogP contribution in [0.25, 0.3) is 0 Å². The highest BCUT2D eigenvalue weighted by atomic mass is 16.6. The number of unbranched alkanes of at least 4 members (excludes halogenated alkanes) is 36. The number of ether oxygens (including phenoxy) is 3. The van der Waals surface area contributed by atoms with E-state index in [1.165, 1.54) is 186 Å². The summed E-state index contributed by atoms with van der Waals surface area (Å²) in [5, 5.41) is 0. The first-order valence-electron chi connectivity index (χ1n) is 31.3. The average molecular weight is 1010 g/mol. The van der Waals surface area contributed by atoms with Crippen LogP contribution in [0.4, 0.5) is 0 Å². The van der Waals surface area contributed by atoms with Gasteiger partial charge in [0.25, 0.3) is 0 Å². The number of esters is 3. The molecule has 6 nitrogen and oxygen atoms in total. The average Bonchev–Trinajstić information content (AvgIpc) is 3.38. The zero-order valence-electron chi connectivity index (χ0n) is 47.9. The summed E-state index contributed by atoms with van der Waals surface area (Å²) in [5.74, 6) is -0.889. The van der Waals surface area contributed by atoms with Crippen molar-refractivity contribution in [3.63, 3.8) is 0 Å². The number of hydrogen-bond acceptors (Lipinski definition) is 6. The Morgan fingerprint density at radius 3 is 0.861 bits per heavy atom. The largest absolute Gasteiger partial charge is 0.462 e. The molecule has 1 atom stereocenters. The molecule has 0 saturated heterocycles. The van der Waals surface area contributed by atoms with Crippen molar-refractivity contribution >= 4 is 17.9 Å². The topological polar surface area (TPSA) is 78.9 Å². The monoisotopic (exact) mass is 1010 g/mol. The van der Waals surface area contributed by atoms with Gasteiger partial charge in [0.2, 0.25) is 0 Å². The number of carbonyl (C=O) groups excluding carboxylic acids is 3. The quantitative estimate of drug-likeness (QED) is 0.0261. The maximum atomic E-state index is 12.9. The summed E-state index contributed by atoms with van der Waals surface area (Å²) in [6.07, 6.45) is 76.5. The number of rotatable bonds is 57. The third kappa shape index (κ3) is 58.0. The van der Waals surface area contributed by atoms with E-state index in [0.29, 0.717) is 19.3 Å². The lowest BCUT2D eigenvalue weighted by atomic mass is 10.0. The molecule has 0 fully saturated rings. The number of allylic oxidation sites excluding steroid dienone is 10. The first-order valence-corrected chi connectivity index (χ1v) is 31.3. The van der Waals surface area contributed by atoms with E-state index in [9.17, 15) is 14.4 Å². The van der Waals surface area contributed by atoms with Crippen molar-refractivity contribution in [2.45, 2.75) is 329 Å². The SMILES string of the molecule is CC/C=C\C/C=C\C/C=C\C/C=C\CCCCCCC(=O)OC(COC(=O)CCCCCCCCCCCCC/C=C\CCCCCCCCCC)COC(=O)CCCCCCCCCCCCCCCC. The molecule has 0 bridgehead atoms. The van der Waals surface area contributed by atoms with Gasteiger partial charge in [0, 0.05) is 19.3 Å². The minimum atomic E-state index is -0.786. The van der Waals surface area contributed by atoms with Gasteiger partial charge in [-0.15, -0.1) is 0 Å². The molecular weight excluding hydrogens is 889 g/mol. The molecule has 0 rings (SSSR count). The van der Waals surface area contributed by atoms with Crippen LogP contribution in [-0.4, -0.2) is 37.2 Å². The first kappa shape index (κ1) is 69.1. The Morgan fingerprint density at radius 1 is 0.292 bits per heavy atom. The zero-order valence-corrected chi connectivity index (χ0v) is 47.9. The van der Waals surface area contributed by atoms with Crippen LogP contribution in [0.15, 0.2) is 60.8 Å². The molecule has 0 saturated carbocycles. The van der Waals surface area contributed by atoms with Crippen molar-refractivity contribution in [3.05, 3.63) is 60.8 Å². The molecule has 0 aliphatic rings. The van der Waals surface area contributed by atoms with Gasteiger partial charge in [-0.3, -0.25) is 14.4 Å². The Bertz CT molecular complexity index is 1290.